The second-order valence-corrected chi connectivity index (χ2v) is 8.40. The Morgan fingerprint density at radius 2 is 1.86 bits per heavy atom. The van der Waals surface area contributed by atoms with Crippen molar-refractivity contribution in [2.75, 3.05) is 5.73 Å². The molecule has 2 heterocycles. The molecular weight excluding hydrogens is 354 g/mol. The van der Waals surface area contributed by atoms with Gasteiger partial charge < -0.3 is 10.7 Å². The number of nitrogens with zero attached hydrogens (tertiary/aromatic N) is 1. The third kappa shape index (κ3) is 3.42. The topological polar surface area (TPSA) is 54.7 Å². The van der Waals surface area contributed by atoms with E-state index in [1.807, 2.05) is 24.4 Å². The Kier molecular flexibility index (Phi) is 4.59. The van der Waals surface area contributed by atoms with E-state index in [0.29, 0.717) is 0 Å². The molecule has 0 aliphatic heterocycles. The van der Waals surface area contributed by atoms with Crippen LogP contribution in [0.1, 0.15) is 36.8 Å². The first-order chi connectivity index (χ1) is 14.2. The standard InChI is InChI=1S/C26H27N3/c1-17-13-19-16-25(24-11-4-5-12-28-24)29-26(19)22(14-17)20-9-6-10-23(27)21(20)15-18-7-2-3-8-18/h4-6,9-14,16,18,29H,2-3,7-8,15,27H2,1H3. The quantitative estimate of drug-likeness (QED) is 0.395. The van der Waals surface area contributed by atoms with Crippen LogP contribution in [0.3, 0.4) is 0 Å². The monoisotopic (exact) mass is 381 g/mol. The van der Waals surface area contributed by atoms with Gasteiger partial charge in [0, 0.05) is 22.8 Å². The van der Waals surface area contributed by atoms with Crippen LogP contribution in [0, 0.1) is 12.8 Å². The molecule has 0 saturated heterocycles. The van der Waals surface area contributed by atoms with Gasteiger partial charge >= 0.3 is 0 Å². The van der Waals surface area contributed by atoms with Crippen molar-refractivity contribution in [3.05, 3.63) is 71.9 Å². The lowest BCUT2D eigenvalue weighted by Crippen LogP contribution is -2.04. The second kappa shape index (κ2) is 7.40. The molecule has 0 radical (unpaired) electrons. The molecule has 29 heavy (non-hydrogen) atoms. The van der Waals surface area contributed by atoms with Crippen molar-refractivity contribution in [3.63, 3.8) is 0 Å². The van der Waals surface area contributed by atoms with Crippen LogP contribution in [0.15, 0.2) is 60.8 Å². The fourth-order valence-electron chi connectivity index (χ4n) is 4.85. The first kappa shape index (κ1) is 18.0. The normalized spacial score (nSPS) is 14.7. The van der Waals surface area contributed by atoms with Gasteiger partial charge in [0.15, 0.2) is 0 Å². The highest BCUT2D eigenvalue weighted by molar-refractivity contribution is 5.98. The number of fused-ring (bicyclic) bond motifs is 1. The number of nitrogens with one attached hydrogen (secondary N) is 1. The van der Waals surface area contributed by atoms with Gasteiger partial charge in [0.05, 0.1) is 16.9 Å². The summed E-state index contributed by atoms with van der Waals surface area (Å²) in [5, 5.41) is 1.22. The van der Waals surface area contributed by atoms with Crippen molar-refractivity contribution in [1.82, 2.24) is 9.97 Å². The maximum absolute atomic E-state index is 6.50. The van der Waals surface area contributed by atoms with Gasteiger partial charge in [-0.1, -0.05) is 43.9 Å². The lowest BCUT2D eigenvalue weighted by molar-refractivity contribution is 0.548. The molecule has 5 rings (SSSR count). The fourth-order valence-corrected chi connectivity index (χ4v) is 4.85. The average Bonchev–Trinajstić information content (AvgIpc) is 3.39. The van der Waals surface area contributed by atoms with E-state index in [1.54, 1.807) is 0 Å². The predicted molar refractivity (Wildman–Crippen MR) is 122 cm³/mol. The van der Waals surface area contributed by atoms with Crippen molar-refractivity contribution in [2.45, 2.75) is 39.0 Å². The van der Waals surface area contributed by atoms with Crippen LogP contribution in [0.25, 0.3) is 33.4 Å². The Balaban J connectivity index is 1.67. The first-order valence-electron chi connectivity index (χ1n) is 10.6. The largest absolute Gasteiger partial charge is 0.398 e. The maximum Gasteiger partial charge on any atom is 0.0864 e. The minimum absolute atomic E-state index is 0.756. The summed E-state index contributed by atoms with van der Waals surface area (Å²) in [6.07, 6.45) is 8.26. The highest BCUT2D eigenvalue weighted by atomic mass is 14.8. The molecule has 4 aromatic rings. The summed E-state index contributed by atoms with van der Waals surface area (Å²) in [5.74, 6) is 0.756. The molecule has 0 spiro atoms. The lowest BCUT2D eigenvalue weighted by atomic mass is 9.89. The second-order valence-electron chi connectivity index (χ2n) is 8.40. The molecule has 0 unspecified atom stereocenters. The number of aromatic amines is 1. The average molecular weight is 382 g/mol. The molecule has 0 bridgehead atoms. The number of anilines is 1. The van der Waals surface area contributed by atoms with Crippen molar-refractivity contribution in [1.29, 1.82) is 0 Å². The molecule has 2 aromatic heterocycles. The van der Waals surface area contributed by atoms with E-state index in [0.717, 1.165) is 34.9 Å². The fraction of sp³-hybridized carbons (Fsp3) is 0.269. The Bertz CT molecular complexity index is 1150. The Morgan fingerprint density at radius 1 is 1.00 bits per heavy atom. The molecule has 1 aliphatic carbocycles. The van der Waals surface area contributed by atoms with Gasteiger partial charge in [0.2, 0.25) is 0 Å². The van der Waals surface area contributed by atoms with Crippen LogP contribution in [0.5, 0.6) is 0 Å². The third-order valence-electron chi connectivity index (χ3n) is 6.28. The number of benzene rings is 2. The zero-order chi connectivity index (χ0) is 19.8. The number of aromatic nitrogens is 2. The van der Waals surface area contributed by atoms with Gasteiger partial charge in [-0.2, -0.15) is 0 Å². The maximum atomic E-state index is 6.50. The molecule has 1 fully saturated rings. The number of aryl methyl sites for hydroxylation is 1. The summed E-state index contributed by atoms with van der Waals surface area (Å²) in [7, 11) is 0. The molecule has 1 aliphatic rings. The molecule has 1 saturated carbocycles. The van der Waals surface area contributed by atoms with Crippen molar-refractivity contribution < 1.29 is 0 Å². The number of hydrogen-bond acceptors (Lipinski definition) is 2. The molecular formula is C26H27N3. The van der Waals surface area contributed by atoms with Crippen molar-refractivity contribution >= 4 is 16.6 Å². The van der Waals surface area contributed by atoms with E-state index >= 15 is 0 Å². The SMILES string of the molecule is Cc1cc(-c2cccc(N)c2CC2CCCC2)c2[nH]c(-c3ccccn3)cc2c1. The third-order valence-corrected chi connectivity index (χ3v) is 6.28. The lowest BCUT2D eigenvalue weighted by Gasteiger charge is -2.17. The van der Waals surface area contributed by atoms with Gasteiger partial charge in [-0.05, 0) is 72.4 Å². The Labute approximate surface area is 172 Å². The zero-order valence-corrected chi connectivity index (χ0v) is 16.9. The van der Waals surface area contributed by atoms with Gasteiger partial charge in [-0.15, -0.1) is 0 Å². The number of hydrogen-bond donors (Lipinski definition) is 2. The molecule has 146 valence electrons. The predicted octanol–water partition coefficient (Wildman–Crippen LogP) is 6.52. The first-order valence-corrected chi connectivity index (χ1v) is 10.6. The molecule has 0 atom stereocenters. The van der Waals surface area contributed by atoms with Crippen LogP contribution in [0.2, 0.25) is 0 Å². The zero-order valence-electron chi connectivity index (χ0n) is 16.9. The summed E-state index contributed by atoms with van der Waals surface area (Å²) >= 11 is 0. The Hall–Kier alpha value is -3.07. The van der Waals surface area contributed by atoms with Crippen molar-refractivity contribution in [3.8, 4) is 22.5 Å². The van der Waals surface area contributed by atoms with E-state index < -0.39 is 0 Å². The van der Waals surface area contributed by atoms with E-state index in [-0.39, 0.29) is 0 Å². The van der Waals surface area contributed by atoms with Crippen LogP contribution in [-0.2, 0) is 6.42 Å². The van der Waals surface area contributed by atoms with E-state index in [1.165, 1.54) is 53.3 Å². The minimum atomic E-state index is 0.756. The van der Waals surface area contributed by atoms with E-state index in [4.69, 9.17) is 5.73 Å². The summed E-state index contributed by atoms with van der Waals surface area (Å²) < 4.78 is 0. The van der Waals surface area contributed by atoms with Crippen LogP contribution >= 0.6 is 0 Å². The van der Waals surface area contributed by atoms with Gasteiger partial charge in [0.25, 0.3) is 0 Å². The van der Waals surface area contributed by atoms with E-state index in [2.05, 4.69) is 53.3 Å². The molecule has 3 heteroatoms. The number of rotatable bonds is 4. The van der Waals surface area contributed by atoms with E-state index in [9.17, 15) is 0 Å². The van der Waals surface area contributed by atoms with Crippen LogP contribution in [-0.4, -0.2) is 9.97 Å². The Morgan fingerprint density at radius 3 is 2.66 bits per heavy atom. The highest BCUT2D eigenvalue weighted by Gasteiger charge is 2.20. The number of pyridine rings is 1. The summed E-state index contributed by atoms with van der Waals surface area (Å²) in [4.78, 5) is 8.16. The minimum Gasteiger partial charge on any atom is -0.398 e. The molecule has 3 nitrogen and oxygen atoms in total. The van der Waals surface area contributed by atoms with Crippen LogP contribution in [0.4, 0.5) is 5.69 Å². The smallest absolute Gasteiger partial charge is 0.0864 e. The van der Waals surface area contributed by atoms with Crippen LogP contribution < -0.4 is 5.73 Å². The van der Waals surface area contributed by atoms with Crippen molar-refractivity contribution in [2.24, 2.45) is 5.92 Å². The summed E-state index contributed by atoms with van der Waals surface area (Å²) in [5.41, 5.74) is 15.7. The molecule has 0 amide bonds. The molecule has 3 N–H and O–H groups in total. The van der Waals surface area contributed by atoms with Gasteiger partial charge in [-0.3, -0.25) is 4.98 Å². The number of nitrogens with two attached hydrogens (primary N) is 1. The number of nitrogen functional groups attached to an aromatic ring is 1. The summed E-state index contributed by atoms with van der Waals surface area (Å²) in [6.45, 7) is 2.17. The number of H-pyrrole nitrogens is 1. The molecule has 2 aromatic carbocycles. The van der Waals surface area contributed by atoms with Gasteiger partial charge in [-0.25, -0.2) is 0 Å². The summed E-state index contributed by atoms with van der Waals surface area (Å²) in [6, 6.07) is 19.1. The van der Waals surface area contributed by atoms with Gasteiger partial charge in [0.1, 0.15) is 0 Å². The highest BCUT2D eigenvalue weighted by Crippen LogP contribution is 2.38.